The lowest BCUT2D eigenvalue weighted by atomic mass is 10.1. The molecule has 0 N–H and O–H groups in total. The molecular formula is C24H31FN4O2. The first kappa shape index (κ1) is 21.6. The summed E-state index contributed by atoms with van der Waals surface area (Å²) in [6.07, 6.45) is 0. The van der Waals surface area contributed by atoms with Gasteiger partial charge in [-0.15, -0.1) is 0 Å². The molecule has 0 aliphatic carbocycles. The van der Waals surface area contributed by atoms with Gasteiger partial charge in [0, 0.05) is 50.5 Å². The van der Waals surface area contributed by atoms with Crippen LogP contribution < -0.4 is 9.64 Å². The van der Waals surface area contributed by atoms with Crippen LogP contribution in [-0.4, -0.2) is 80.6 Å². The topological polar surface area (TPSA) is 39.3 Å². The molecule has 4 rings (SSSR count). The standard InChI is InChI=1S/C24H31FN4O2/c1-26(2)18-24(30)29-13-14-31-23-8-3-19(15-20(23)17-29)16-27-9-11-28(12-10-27)22-6-4-21(25)5-7-22/h3-8,15H,9-14,16-18H2,1-2H3. The number of amides is 1. The van der Waals surface area contributed by atoms with E-state index in [0.717, 1.165) is 49.7 Å². The fourth-order valence-electron chi connectivity index (χ4n) is 4.20. The van der Waals surface area contributed by atoms with Gasteiger partial charge in [-0.1, -0.05) is 6.07 Å². The third-order valence-electron chi connectivity index (χ3n) is 5.88. The quantitative estimate of drug-likeness (QED) is 0.735. The van der Waals surface area contributed by atoms with Crippen molar-refractivity contribution in [3.8, 4) is 5.75 Å². The van der Waals surface area contributed by atoms with Gasteiger partial charge in [-0.05, 0) is 56.1 Å². The first-order valence-electron chi connectivity index (χ1n) is 10.9. The molecule has 2 aromatic rings. The van der Waals surface area contributed by atoms with Crippen LogP contribution in [0.1, 0.15) is 11.1 Å². The first-order valence-corrected chi connectivity index (χ1v) is 10.9. The molecule has 0 radical (unpaired) electrons. The second kappa shape index (κ2) is 9.66. The number of halogens is 1. The Morgan fingerprint density at radius 3 is 2.48 bits per heavy atom. The van der Waals surface area contributed by atoms with Crippen molar-refractivity contribution in [3.63, 3.8) is 0 Å². The Bertz CT molecular complexity index is 895. The molecule has 2 aliphatic rings. The van der Waals surface area contributed by atoms with E-state index in [2.05, 4.69) is 21.9 Å². The van der Waals surface area contributed by atoms with E-state index >= 15 is 0 Å². The van der Waals surface area contributed by atoms with E-state index < -0.39 is 0 Å². The normalized spacial score (nSPS) is 17.3. The van der Waals surface area contributed by atoms with Crippen LogP contribution in [0, 0.1) is 5.82 Å². The maximum atomic E-state index is 13.2. The van der Waals surface area contributed by atoms with E-state index in [1.54, 1.807) is 0 Å². The Balaban J connectivity index is 1.36. The average molecular weight is 427 g/mol. The molecule has 6 nitrogen and oxygen atoms in total. The Kier molecular flexibility index (Phi) is 6.73. The van der Waals surface area contributed by atoms with Crippen molar-refractivity contribution in [3.05, 3.63) is 59.4 Å². The molecule has 166 valence electrons. The van der Waals surface area contributed by atoms with Gasteiger partial charge in [0.05, 0.1) is 13.1 Å². The molecule has 0 spiro atoms. The highest BCUT2D eigenvalue weighted by Gasteiger charge is 2.22. The summed E-state index contributed by atoms with van der Waals surface area (Å²) < 4.78 is 19.1. The number of hydrogen-bond donors (Lipinski definition) is 0. The Labute approximate surface area is 183 Å². The molecule has 0 aromatic heterocycles. The van der Waals surface area contributed by atoms with Crippen molar-refractivity contribution >= 4 is 11.6 Å². The molecule has 31 heavy (non-hydrogen) atoms. The second-order valence-electron chi connectivity index (χ2n) is 8.58. The molecule has 7 heteroatoms. The minimum atomic E-state index is -0.198. The van der Waals surface area contributed by atoms with Crippen molar-refractivity contribution in [2.75, 3.05) is 64.9 Å². The van der Waals surface area contributed by atoms with Gasteiger partial charge in [-0.2, -0.15) is 0 Å². The number of nitrogens with zero attached hydrogens (tertiary/aromatic N) is 4. The minimum absolute atomic E-state index is 0.128. The highest BCUT2D eigenvalue weighted by molar-refractivity contribution is 5.78. The van der Waals surface area contributed by atoms with Gasteiger partial charge in [0.2, 0.25) is 5.91 Å². The maximum Gasteiger partial charge on any atom is 0.237 e. The maximum absolute atomic E-state index is 13.2. The van der Waals surface area contributed by atoms with Crippen LogP contribution in [0.4, 0.5) is 10.1 Å². The first-order chi connectivity index (χ1) is 15.0. The molecule has 2 aliphatic heterocycles. The summed E-state index contributed by atoms with van der Waals surface area (Å²) >= 11 is 0. The molecule has 2 heterocycles. The zero-order chi connectivity index (χ0) is 21.8. The molecule has 0 bridgehead atoms. The van der Waals surface area contributed by atoms with Crippen LogP contribution in [-0.2, 0) is 17.9 Å². The zero-order valence-electron chi connectivity index (χ0n) is 18.4. The second-order valence-corrected chi connectivity index (χ2v) is 8.58. The largest absolute Gasteiger partial charge is 0.491 e. The van der Waals surface area contributed by atoms with Crippen LogP contribution in [0.2, 0.25) is 0 Å². The fourth-order valence-corrected chi connectivity index (χ4v) is 4.20. The smallest absolute Gasteiger partial charge is 0.237 e. The number of carbonyl (C=O) groups is 1. The lowest BCUT2D eigenvalue weighted by molar-refractivity contribution is -0.132. The number of ether oxygens (including phenoxy) is 1. The van der Waals surface area contributed by atoms with E-state index in [1.165, 1.54) is 17.7 Å². The SMILES string of the molecule is CN(C)CC(=O)N1CCOc2ccc(CN3CCN(c4ccc(F)cc4)CC3)cc2C1. The van der Waals surface area contributed by atoms with E-state index in [9.17, 15) is 9.18 Å². The third kappa shape index (κ3) is 5.54. The Morgan fingerprint density at radius 2 is 1.77 bits per heavy atom. The van der Waals surface area contributed by atoms with Crippen molar-refractivity contribution in [2.45, 2.75) is 13.1 Å². The number of hydrogen-bond acceptors (Lipinski definition) is 5. The summed E-state index contributed by atoms with van der Waals surface area (Å²) in [6, 6.07) is 13.1. The fraction of sp³-hybridized carbons (Fsp3) is 0.458. The molecule has 0 unspecified atom stereocenters. The van der Waals surface area contributed by atoms with Crippen LogP contribution in [0.15, 0.2) is 42.5 Å². The summed E-state index contributed by atoms with van der Waals surface area (Å²) in [6.45, 7) is 6.77. The molecule has 1 amide bonds. The van der Waals surface area contributed by atoms with Crippen molar-refractivity contribution in [1.29, 1.82) is 0 Å². The van der Waals surface area contributed by atoms with Gasteiger partial charge in [-0.25, -0.2) is 4.39 Å². The molecule has 1 saturated heterocycles. The summed E-state index contributed by atoms with van der Waals surface area (Å²) in [5, 5.41) is 0. The van der Waals surface area contributed by atoms with E-state index in [1.807, 2.05) is 42.1 Å². The summed E-state index contributed by atoms with van der Waals surface area (Å²) in [4.78, 5) is 21.1. The van der Waals surface area contributed by atoms with Gasteiger partial charge in [0.1, 0.15) is 18.2 Å². The van der Waals surface area contributed by atoms with Crippen molar-refractivity contribution in [1.82, 2.24) is 14.7 Å². The molecule has 0 saturated carbocycles. The summed E-state index contributed by atoms with van der Waals surface area (Å²) in [5.74, 6) is 0.811. The Hall–Kier alpha value is -2.64. The molecule has 0 atom stereocenters. The lowest BCUT2D eigenvalue weighted by Gasteiger charge is -2.36. The number of benzene rings is 2. The van der Waals surface area contributed by atoms with Gasteiger partial charge in [0.25, 0.3) is 0 Å². The predicted octanol–water partition coefficient (Wildman–Crippen LogP) is 2.43. The van der Waals surface area contributed by atoms with E-state index in [-0.39, 0.29) is 11.7 Å². The van der Waals surface area contributed by atoms with Crippen LogP contribution in [0.25, 0.3) is 0 Å². The molecular weight excluding hydrogens is 395 g/mol. The summed E-state index contributed by atoms with van der Waals surface area (Å²) in [7, 11) is 3.82. The number of likely N-dealkylation sites (N-methyl/N-ethyl adjacent to an activating group) is 1. The van der Waals surface area contributed by atoms with E-state index in [4.69, 9.17) is 4.74 Å². The number of fused-ring (bicyclic) bond motifs is 1. The summed E-state index contributed by atoms with van der Waals surface area (Å²) in [5.41, 5.74) is 3.39. The van der Waals surface area contributed by atoms with Gasteiger partial charge in [-0.3, -0.25) is 9.69 Å². The number of piperazine rings is 1. The van der Waals surface area contributed by atoms with Crippen molar-refractivity contribution < 1.29 is 13.9 Å². The number of rotatable bonds is 5. The number of anilines is 1. The molecule has 1 fully saturated rings. The lowest BCUT2D eigenvalue weighted by Crippen LogP contribution is -2.46. The number of carbonyl (C=O) groups excluding carboxylic acids is 1. The Morgan fingerprint density at radius 1 is 1.03 bits per heavy atom. The predicted molar refractivity (Wildman–Crippen MR) is 120 cm³/mol. The average Bonchev–Trinajstić information content (AvgIpc) is 2.97. The van der Waals surface area contributed by atoms with Gasteiger partial charge < -0.3 is 19.4 Å². The van der Waals surface area contributed by atoms with Gasteiger partial charge in [0.15, 0.2) is 0 Å². The van der Waals surface area contributed by atoms with Crippen molar-refractivity contribution in [2.24, 2.45) is 0 Å². The zero-order valence-corrected chi connectivity index (χ0v) is 18.4. The highest BCUT2D eigenvalue weighted by Crippen LogP contribution is 2.26. The minimum Gasteiger partial charge on any atom is -0.491 e. The van der Waals surface area contributed by atoms with Crippen LogP contribution in [0.3, 0.4) is 0 Å². The highest BCUT2D eigenvalue weighted by atomic mass is 19.1. The molecule has 2 aromatic carbocycles. The van der Waals surface area contributed by atoms with Gasteiger partial charge >= 0.3 is 0 Å². The third-order valence-corrected chi connectivity index (χ3v) is 5.88. The van der Waals surface area contributed by atoms with Crippen LogP contribution >= 0.6 is 0 Å². The van der Waals surface area contributed by atoms with Crippen LogP contribution in [0.5, 0.6) is 5.75 Å². The van der Waals surface area contributed by atoms with E-state index in [0.29, 0.717) is 26.2 Å². The monoisotopic (exact) mass is 426 g/mol.